The first-order chi connectivity index (χ1) is 7.25. The second-order valence-electron chi connectivity index (χ2n) is 4.00. The van der Waals surface area contributed by atoms with E-state index in [-0.39, 0.29) is 0 Å². The van der Waals surface area contributed by atoms with Gasteiger partial charge in [0.1, 0.15) is 0 Å². The van der Waals surface area contributed by atoms with Crippen molar-refractivity contribution in [2.24, 2.45) is 0 Å². The number of nitrogens with one attached hydrogen (secondary N) is 1. The number of rotatable bonds is 3. The predicted molar refractivity (Wildman–Crippen MR) is 62.2 cm³/mol. The van der Waals surface area contributed by atoms with Crippen LogP contribution in [-0.4, -0.2) is 19.3 Å². The SMILES string of the molecule is CC(NC1CCOC1)c1ccc(Cl)cc1. The lowest BCUT2D eigenvalue weighted by atomic mass is 10.1. The van der Waals surface area contributed by atoms with Crippen LogP contribution in [0.3, 0.4) is 0 Å². The summed E-state index contributed by atoms with van der Waals surface area (Å²) < 4.78 is 5.33. The maximum Gasteiger partial charge on any atom is 0.0620 e. The number of hydrogen-bond acceptors (Lipinski definition) is 2. The molecule has 0 bridgehead atoms. The molecule has 1 aromatic carbocycles. The summed E-state index contributed by atoms with van der Waals surface area (Å²) in [4.78, 5) is 0. The summed E-state index contributed by atoms with van der Waals surface area (Å²) in [6.45, 7) is 3.88. The first kappa shape index (κ1) is 10.9. The minimum absolute atomic E-state index is 0.356. The normalized spacial score (nSPS) is 22.9. The number of halogens is 1. The van der Waals surface area contributed by atoms with Gasteiger partial charge in [-0.3, -0.25) is 0 Å². The summed E-state index contributed by atoms with van der Waals surface area (Å²) in [6, 6.07) is 8.84. The van der Waals surface area contributed by atoms with E-state index in [1.54, 1.807) is 0 Å². The molecule has 1 aromatic rings. The molecule has 1 aliphatic rings. The van der Waals surface area contributed by atoms with E-state index in [2.05, 4.69) is 24.4 Å². The molecule has 1 heterocycles. The van der Waals surface area contributed by atoms with Gasteiger partial charge in [-0.05, 0) is 31.0 Å². The van der Waals surface area contributed by atoms with Crippen LogP contribution in [0, 0.1) is 0 Å². The molecule has 15 heavy (non-hydrogen) atoms. The predicted octanol–water partition coefficient (Wildman–Crippen LogP) is 2.78. The standard InChI is InChI=1S/C12H16ClNO/c1-9(14-12-6-7-15-8-12)10-2-4-11(13)5-3-10/h2-5,9,12,14H,6-8H2,1H3. The van der Waals surface area contributed by atoms with Crippen molar-refractivity contribution in [2.45, 2.75) is 25.4 Å². The summed E-state index contributed by atoms with van der Waals surface area (Å²) in [5.74, 6) is 0. The van der Waals surface area contributed by atoms with Gasteiger partial charge in [0, 0.05) is 23.7 Å². The van der Waals surface area contributed by atoms with Crippen molar-refractivity contribution in [1.82, 2.24) is 5.32 Å². The van der Waals surface area contributed by atoms with E-state index in [0.29, 0.717) is 12.1 Å². The second-order valence-corrected chi connectivity index (χ2v) is 4.44. The van der Waals surface area contributed by atoms with Crippen molar-refractivity contribution >= 4 is 11.6 Å². The zero-order chi connectivity index (χ0) is 10.7. The van der Waals surface area contributed by atoms with E-state index < -0.39 is 0 Å². The van der Waals surface area contributed by atoms with Gasteiger partial charge < -0.3 is 10.1 Å². The van der Waals surface area contributed by atoms with E-state index in [1.165, 1.54) is 5.56 Å². The highest BCUT2D eigenvalue weighted by atomic mass is 35.5. The van der Waals surface area contributed by atoms with E-state index >= 15 is 0 Å². The molecule has 0 spiro atoms. The largest absolute Gasteiger partial charge is 0.380 e. The van der Waals surface area contributed by atoms with Gasteiger partial charge in [0.2, 0.25) is 0 Å². The average molecular weight is 226 g/mol. The third kappa shape index (κ3) is 2.94. The molecule has 1 aliphatic heterocycles. The summed E-state index contributed by atoms with van der Waals surface area (Å²) >= 11 is 5.85. The molecule has 3 heteroatoms. The minimum atomic E-state index is 0.356. The molecule has 0 radical (unpaired) electrons. The Morgan fingerprint density at radius 2 is 2.13 bits per heavy atom. The fourth-order valence-electron chi connectivity index (χ4n) is 1.87. The zero-order valence-electron chi connectivity index (χ0n) is 8.87. The highest BCUT2D eigenvalue weighted by Crippen LogP contribution is 2.18. The molecule has 0 aromatic heterocycles. The molecule has 2 rings (SSSR count). The number of benzene rings is 1. The van der Waals surface area contributed by atoms with Crippen LogP contribution in [0.4, 0.5) is 0 Å². The van der Waals surface area contributed by atoms with Crippen LogP contribution in [0.2, 0.25) is 5.02 Å². The minimum Gasteiger partial charge on any atom is -0.380 e. The molecule has 1 saturated heterocycles. The summed E-state index contributed by atoms with van der Waals surface area (Å²) in [5.41, 5.74) is 1.27. The third-order valence-electron chi connectivity index (χ3n) is 2.79. The molecule has 1 fully saturated rings. The maximum absolute atomic E-state index is 5.85. The van der Waals surface area contributed by atoms with Gasteiger partial charge in [-0.2, -0.15) is 0 Å². The third-order valence-corrected chi connectivity index (χ3v) is 3.04. The lowest BCUT2D eigenvalue weighted by Crippen LogP contribution is -2.31. The van der Waals surface area contributed by atoms with Crippen LogP contribution in [0.5, 0.6) is 0 Å². The van der Waals surface area contributed by atoms with Crippen molar-refractivity contribution in [3.63, 3.8) is 0 Å². The molecule has 0 aliphatic carbocycles. The van der Waals surface area contributed by atoms with Crippen LogP contribution in [-0.2, 0) is 4.74 Å². The van der Waals surface area contributed by atoms with Crippen molar-refractivity contribution in [3.8, 4) is 0 Å². The van der Waals surface area contributed by atoms with Crippen molar-refractivity contribution in [2.75, 3.05) is 13.2 Å². The summed E-state index contributed by atoms with van der Waals surface area (Å²) in [5, 5.41) is 4.33. The maximum atomic E-state index is 5.85. The Labute approximate surface area is 95.6 Å². The topological polar surface area (TPSA) is 21.3 Å². The molecular formula is C12H16ClNO. The Bertz CT molecular complexity index is 306. The fraction of sp³-hybridized carbons (Fsp3) is 0.500. The lowest BCUT2D eigenvalue weighted by molar-refractivity contribution is 0.188. The van der Waals surface area contributed by atoms with Crippen LogP contribution >= 0.6 is 11.6 Å². The zero-order valence-corrected chi connectivity index (χ0v) is 9.63. The second kappa shape index (κ2) is 4.97. The van der Waals surface area contributed by atoms with Gasteiger partial charge in [-0.15, -0.1) is 0 Å². The van der Waals surface area contributed by atoms with Gasteiger partial charge in [0.05, 0.1) is 6.61 Å². The molecule has 0 saturated carbocycles. The number of ether oxygens (including phenoxy) is 1. The molecular weight excluding hydrogens is 210 g/mol. The highest BCUT2D eigenvalue weighted by molar-refractivity contribution is 6.30. The Balaban J connectivity index is 1.94. The lowest BCUT2D eigenvalue weighted by Gasteiger charge is -2.18. The molecule has 2 atom stereocenters. The van der Waals surface area contributed by atoms with Gasteiger partial charge in [0.25, 0.3) is 0 Å². The van der Waals surface area contributed by atoms with Gasteiger partial charge >= 0.3 is 0 Å². The monoisotopic (exact) mass is 225 g/mol. The average Bonchev–Trinajstić information content (AvgIpc) is 2.71. The van der Waals surface area contributed by atoms with E-state index in [0.717, 1.165) is 24.7 Å². The smallest absolute Gasteiger partial charge is 0.0620 e. The first-order valence-corrected chi connectivity index (χ1v) is 5.73. The van der Waals surface area contributed by atoms with Gasteiger partial charge in [-0.1, -0.05) is 23.7 Å². The Kier molecular flexibility index (Phi) is 3.62. The van der Waals surface area contributed by atoms with Crippen molar-refractivity contribution in [1.29, 1.82) is 0 Å². The summed E-state index contributed by atoms with van der Waals surface area (Å²) in [6.07, 6.45) is 1.11. The van der Waals surface area contributed by atoms with Crippen LogP contribution in [0.25, 0.3) is 0 Å². The van der Waals surface area contributed by atoms with E-state index in [4.69, 9.17) is 16.3 Å². The molecule has 1 N–H and O–H groups in total. The highest BCUT2D eigenvalue weighted by Gasteiger charge is 2.17. The van der Waals surface area contributed by atoms with E-state index in [1.807, 2.05) is 12.1 Å². The van der Waals surface area contributed by atoms with Crippen LogP contribution in [0.1, 0.15) is 24.9 Å². The molecule has 0 amide bonds. The Morgan fingerprint density at radius 1 is 1.40 bits per heavy atom. The number of hydrogen-bond donors (Lipinski definition) is 1. The van der Waals surface area contributed by atoms with Gasteiger partial charge in [0.15, 0.2) is 0 Å². The quantitative estimate of drug-likeness (QED) is 0.854. The van der Waals surface area contributed by atoms with Gasteiger partial charge in [-0.25, -0.2) is 0 Å². The molecule has 2 unspecified atom stereocenters. The van der Waals surface area contributed by atoms with Crippen molar-refractivity contribution < 1.29 is 4.74 Å². The summed E-state index contributed by atoms with van der Waals surface area (Å²) in [7, 11) is 0. The van der Waals surface area contributed by atoms with Crippen LogP contribution in [0.15, 0.2) is 24.3 Å². The molecule has 82 valence electrons. The Hall–Kier alpha value is -0.570. The van der Waals surface area contributed by atoms with Crippen LogP contribution < -0.4 is 5.32 Å². The van der Waals surface area contributed by atoms with E-state index in [9.17, 15) is 0 Å². The Morgan fingerprint density at radius 3 is 2.73 bits per heavy atom. The fourth-order valence-corrected chi connectivity index (χ4v) is 1.99. The van der Waals surface area contributed by atoms with Crippen molar-refractivity contribution in [3.05, 3.63) is 34.9 Å². The first-order valence-electron chi connectivity index (χ1n) is 5.35. The molecule has 2 nitrogen and oxygen atoms in total.